The van der Waals surface area contributed by atoms with Crippen LogP contribution in [0.25, 0.3) is 0 Å². The Labute approximate surface area is 108 Å². The lowest BCUT2D eigenvalue weighted by atomic mass is 10.2. The van der Waals surface area contributed by atoms with Gasteiger partial charge in [-0.2, -0.15) is 5.26 Å². The van der Waals surface area contributed by atoms with Gasteiger partial charge in [0.25, 0.3) is 0 Å². The fourth-order valence-corrected chi connectivity index (χ4v) is 2.61. The Balaban J connectivity index is 3.16. The first-order chi connectivity index (χ1) is 7.86. The fourth-order valence-electron chi connectivity index (χ4n) is 1.12. The van der Waals surface area contributed by atoms with Crippen molar-refractivity contribution in [1.29, 1.82) is 5.26 Å². The molecule has 7 heteroatoms. The lowest BCUT2D eigenvalue weighted by Crippen LogP contribution is -2.25. The molecule has 0 aliphatic heterocycles. The van der Waals surface area contributed by atoms with Gasteiger partial charge in [-0.15, -0.1) is 0 Å². The third kappa shape index (κ3) is 3.56. The molecule has 17 heavy (non-hydrogen) atoms. The topological polar surface area (TPSA) is 96.0 Å². The SMILES string of the molecule is C=C(Br)CNS(=O)(=O)c1ccc(N)cc1C#N. The molecule has 1 rings (SSSR count). The minimum absolute atomic E-state index is 0.0117. The van der Waals surface area contributed by atoms with E-state index in [2.05, 4.69) is 27.2 Å². The summed E-state index contributed by atoms with van der Waals surface area (Å²) in [6.07, 6.45) is 0. The molecule has 90 valence electrons. The number of sulfonamides is 1. The Morgan fingerprint density at radius 3 is 2.76 bits per heavy atom. The van der Waals surface area contributed by atoms with Crippen LogP contribution < -0.4 is 10.5 Å². The molecule has 0 aliphatic rings. The minimum Gasteiger partial charge on any atom is -0.399 e. The third-order valence-corrected chi connectivity index (χ3v) is 3.61. The van der Waals surface area contributed by atoms with Crippen molar-refractivity contribution in [2.75, 3.05) is 12.3 Å². The highest BCUT2D eigenvalue weighted by molar-refractivity contribution is 9.11. The zero-order chi connectivity index (χ0) is 13.1. The van der Waals surface area contributed by atoms with Gasteiger partial charge >= 0.3 is 0 Å². The van der Waals surface area contributed by atoms with Gasteiger partial charge < -0.3 is 5.73 Å². The molecular formula is C10H10BrN3O2S. The van der Waals surface area contributed by atoms with Gasteiger partial charge in [-0.05, 0) is 18.2 Å². The molecule has 0 amide bonds. The molecule has 0 bridgehead atoms. The maximum atomic E-state index is 11.9. The number of halogens is 1. The zero-order valence-electron chi connectivity index (χ0n) is 8.77. The Bertz CT molecular complexity index is 590. The average Bonchev–Trinajstić information content (AvgIpc) is 2.26. The van der Waals surface area contributed by atoms with E-state index >= 15 is 0 Å². The number of hydrogen-bond acceptors (Lipinski definition) is 4. The Morgan fingerprint density at radius 1 is 1.59 bits per heavy atom. The summed E-state index contributed by atoms with van der Waals surface area (Å²) in [4.78, 5) is -0.0945. The van der Waals surface area contributed by atoms with Crippen molar-refractivity contribution in [3.05, 3.63) is 34.8 Å². The number of hydrogen-bond donors (Lipinski definition) is 2. The highest BCUT2D eigenvalue weighted by Gasteiger charge is 2.18. The second kappa shape index (κ2) is 5.31. The molecule has 1 aromatic carbocycles. The van der Waals surface area contributed by atoms with E-state index in [1.165, 1.54) is 18.2 Å². The largest absolute Gasteiger partial charge is 0.399 e. The molecule has 0 atom stereocenters. The van der Waals surface area contributed by atoms with E-state index in [-0.39, 0.29) is 17.0 Å². The lowest BCUT2D eigenvalue weighted by molar-refractivity contribution is 0.585. The van der Waals surface area contributed by atoms with Gasteiger partial charge in [0.2, 0.25) is 10.0 Å². The fraction of sp³-hybridized carbons (Fsp3) is 0.100. The van der Waals surface area contributed by atoms with Crippen LogP contribution in [0.4, 0.5) is 5.69 Å². The number of rotatable bonds is 4. The molecule has 0 saturated carbocycles. The Morgan fingerprint density at radius 2 is 2.24 bits per heavy atom. The molecule has 0 aliphatic carbocycles. The van der Waals surface area contributed by atoms with Crippen molar-refractivity contribution >= 4 is 31.6 Å². The molecule has 0 saturated heterocycles. The van der Waals surface area contributed by atoms with Crippen LogP contribution in [0.1, 0.15) is 5.56 Å². The standard InChI is InChI=1S/C10H10BrN3O2S/c1-7(11)6-14-17(15,16)10-3-2-9(13)4-8(10)5-12/h2-4,14H,1,6,13H2. The minimum atomic E-state index is -3.73. The summed E-state index contributed by atoms with van der Waals surface area (Å²) in [5, 5.41) is 8.86. The van der Waals surface area contributed by atoms with E-state index in [1.54, 1.807) is 6.07 Å². The molecule has 0 spiro atoms. The summed E-state index contributed by atoms with van der Waals surface area (Å²) in [7, 11) is -3.73. The lowest BCUT2D eigenvalue weighted by Gasteiger charge is -2.07. The number of nitrogens with zero attached hydrogens (tertiary/aromatic N) is 1. The predicted octanol–water partition coefficient (Wildman–Crippen LogP) is 1.33. The molecule has 0 radical (unpaired) electrons. The van der Waals surface area contributed by atoms with Crippen LogP contribution in [0.5, 0.6) is 0 Å². The summed E-state index contributed by atoms with van der Waals surface area (Å²) >= 11 is 3.04. The van der Waals surface area contributed by atoms with Crippen LogP contribution in [0, 0.1) is 11.3 Å². The van der Waals surface area contributed by atoms with Crippen molar-refractivity contribution in [3.8, 4) is 6.07 Å². The summed E-state index contributed by atoms with van der Waals surface area (Å²) in [6, 6.07) is 5.84. The maximum absolute atomic E-state index is 11.9. The van der Waals surface area contributed by atoms with E-state index in [1.807, 2.05) is 0 Å². The number of benzene rings is 1. The van der Waals surface area contributed by atoms with Gasteiger partial charge in [0.15, 0.2) is 0 Å². The van der Waals surface area contributed by atoms with E-state index in [9.17, 15) is 8.42 Å². The first kappa shape index (κ1) is 13.7. The Hall–Kier alpha value is -1.36. The van der Waals surface area contributed by atoms with Crippen molar-refractivity contribution in [2.24, 2.45) is 0 Å². The normalized spacial score (nSPS) is 10.8. The van der Waals surface area contributed by atoms with Gasteiger partial charge in [0.1, 0.15) is 6.07 Å². The first-order valence-corrected chi connectivity index (χ1v) is 6.77. The number of nitrogens with two attached hydrogens (primary N) is 1. The quantitative estimate of drug-likeness (QED) is 0.819. The average molecular weight is 316 g/mol. The zero-order valence-corrected chi connectivity index (χ0v) is 11.2. The number of anilines is 1. The van der Waals surface area contributed by atoms with Crippen LogP contribution in [0.3, 0.4) is 0 Å². The van der Waals surface area contributed by atoms with Crippen molar-refractivity contribution in [1.82, 2.24) is 4.72 Å². The van der Waals surface area contributed by atoms with Crippen LogP contribution in [0.15, 0.2) is 34.2 Å². The first-order valence-electron chi connectivity index (χ1n) is 4.49. The van der Waals surface area contributed by atoms with Crippen LogP contribution in [-0.2, 0) is 10.0 Å². The van der Waals surface area contributed by atoms with Crippen LogP contribution >= 0.6 is 15.9 Å². The van der Waals surface area contributed by atoms with Gasteiger partial charge in [0.05, 0.1) is 10.5 Å². The van der Waals surface area contributed by atoms with Crippen molar-refractivity contribution < 1.29 is 8.42 Å². The highest BCUT2D eigenvalue weighted by atomic mass is 79.9. The molecule has 0 aromatic heterocycles. The summed E-state index contributed by atoms with van der Waals surface area (Å²) in [6.45, 7) is 3.57. The molecule has 3 N–H and O–H groups in total. The number of nitrogens with one attached hydrogen (secondary N) is 1. The van der Waals surface area contributed by atoms with Gasteiger partial charge in [0, 0.05) is 16.7 Å². The van der Waals surface area contributed by atoms with E-state index in [0.717, 1.165) is 0 Å². The predicted molar refractivity (Wildman–Crippen MR) is 68.8 cm³/mol. The molecule has 0 unspecified atom stereocenters. The van der Waals surface area contributed by atoms with E-state index in [4.69, 9.17) is 11.0 Å². The molecule has 0 fully saturated rings. The monoisotopic (exact) mass is 315 g/mol. The highest BCUT2D eigenvalue weighted by Crippen LogP contribution is 2.18. The molecule has 0 heterocycles. The van der Waals surface area contributed by atoms with Crippen molar-refractivity contribution in [2.45, 2.75) is 4.90 Å². The number of nitriles is 1. The third-order valence-electron chi connectivity index (χ3n) is 1.87. The van der Waals surface area contributed by atoms with Crippen molar-refractivity contribution in [3.63, 3.8) is 0 Å². The number of nitrogen functional groups attached to an aromatic ring is 1. The van der Waals surface area contributed by atoms with Gasteiger partial charge in [-0.1, -0.05) is 22.5 Å². The summed E-state index contributed by atoms with van der Waals surface area (Å²) in [5.41, 5.74) is 5.83. The summed E-state index contributed by atoms with van der Waals surface area (Å²) in [5.74, 6) is 0. The van der Waals surface area contributed by atoms with E-state index in [0.29, 0.717) is 10.2 Å². The van der Waals surface area contributed by atoms with Crippen LogP contribution in [-0.4, -0.2) is 15.0 Å². The summed E-state index contributed by atoms with van der Waals surface area (Å²) < 4.78 is 26.5. The van der Waals surface area contributed by atoms with Crippen LogP contribution in [0.2, 0.25) is 0 Å². The smallest absolute Gasteiger partial charge is 0.242 e. The molecule has 5 nitrogen and oxygen atoms in total. The second-order valence-electron chi connectivity index (χ2n) is 3.21. The second-order valence-corrected chi connectivity index (χ2v) is 6.07. The molecular weight excluding hydrogens is 306 g/mol. The van der Waals surface area contributed by atoms with E-state index < -0.39 is 10.0 Å². The molecule has 1 aromatic rings. The maximum Gasteiger partial charge on any atom is 0.242 e. The van der Waals surface area contributed by atoms with Gasteiger partial charge in [-0.25, -0.2) is 13.1 Å². The van der Waals surface area contributed by atoms with Gasteiger partial charge in [-0.3, -0.25) is 0 Å². The Kier molecular flexibility index (Phi) is 4.28.